The first-order valence-corrected chi connectivity index (χ1v) is 9.29. The van der Waals surface area contributed by atoms with Gasteiger partial charge >= 0.3 is 0 Å². The largest absolute Gasteiger partial charge is 0.488 e. The summed E-state index contributed by atoms with van der Waals surface area (Å²) in [6, 6.07) is 13.3. The fourth-order valence-corrected chi connectivity index (χ4v) is 2.27. The van der Waals surface area contributed by atoms with E-state index in [-0.39, 0.29) is 0 Å². The van der Waals surface area contributed by atoms with Crippen LogP contribution in [0.1, 0.15) is 56.1 Å². The van der Waals surface area contributed by atoms with Gasteiger partial charge in [-0.15, -0.1) is 0 Å². The van der Waals surface area contributed by atoms with E-state index < -0.39 is 0 Å². The second-order valence-electron chi connectivity index (χ2n) is 5.06. The molecule has 2 aromatic rings. The third kappa shape index (κ3) is 7.48. The number of hydrogen-bond acceptors (Lipinski definition) is 4. The number of carbonyl (C=O) groups excluding carboxylic acids is 2. The number of benzene rings is 2. The zero-order chi connectivity index (χ0) is 20.7. The fraction of sp³-hybridized carbons (Fsp3) is 0.304. The van der Waals surface area contributed by atoms with Crippen LogP contribution in [0.15, 0.2) is 48.5 Å². The van der Waals surface area contributed by atoms with Crippen molar-refractivity contribution in [3.05, 3.63) is 65.2 Å². The maximum Gasteiger partial charge on any atom is 0.153 e. The molecule has 27 heavy (non-hydrogen) atoms. The van der Waals surface area contributed by atoms with E-state index >= 15 is 0 Å². The fourth-order valence-electron chi connectivity index (χ4n) is 2.27. The van der Waals surface area contributed by atoms with Crippen LogP contribution < -0.4 is 10.1 Å². The molecule has 0 aromatic heterocycles. The Kier molecular flexibility index (Phi) is 12.8. The summed E-state index contributed by atoms with van der Waals surface area (Å²) in [7, 11) is 1.79. The summed E-state index contributed by atoms with van der Waals surface area (Å²) in [4.78, 5) is 22.1. The molecule has 0 aliphatic heterocycles. The Labute approximate surface area is 163 Å². The van der Waals surface area contributed by atoms with Crippen molar-refractivity contribution in [2.45, 2.75) is 41.2 Å². The topological polar surface area (TPSA) is 55.4 Å². The van der Waals surface area contributed by atoms with Crippen LogP contribution in [-0.2, 0) is 11.4 Å². The molecule has 0 radical (unpaired) electrons. The highest BCUT2D eigenvalue weighted by atomic mass is 16.5. The average molecular weight is 370 g/mol. The maximum atomic E-state index is 11.4. The van der Waals surface area contributed by atoms with Crippen molar-refractivity contribution in [1.82, 2.24) is 0 Å². The number of carbonyl (C=O) groups is 2. The lowest BCUT2D eigenvalue weighted by Gasteiger charge is -2.15. The first kappa shape index (κ1) is 24.1. The minimum Gasteiger partial charge on any atom is -0.488 e. The second kappa shape index (κ2) is 14.3. The summed E-state index contributed by atoms with van der Waals surface area (Å²) in [6.45, 7) is 10.2. The molecular weight excluding hydrogens is 338 g/mol. The third-order valence-corrected chi connectivity index (χ3v) is 3.53. The average Bonchev–Trinajstić information content (AvgIpc) is 2.75. The van der Waals surface area contributed by atoms with Gasteiger partial charge in [0.15, 0.2) is 6.29 Å². The highest BCUT2D eigenvalue weighted by Crippen LogP contribution is 2.31. The zero-order valence-electron chi connectivity index (χ0n) is 17.2. The normalized spacial score (nSPS) is 9.78. The molecule has 4 heteroatoms. The summed E-state index contributed by atoms with van der Waals surface area (Å²) in [6.07, 6.45) is 2.96. The van der Waals surface area contributed by atoms with Crippen LogP contribution in [0.3, 0.4) is 0 Å². The van der Waals surface area contributed by atoms with E-state index in [1.165, 1.54) is 6.08 Å². The number of allylic oxidation sites excluding steroid dienone is 2. The van der Waals surface area contributed by atoms with E-state index in [4.69, 9.17) is 4.74 Å². The van der Waals surface area contributed by atoms with Gasteiger partial charge in [-0.3, -0.25) is 9.59 Å². The van der Waals surface area contributed by atoms with E-state index in [2.05, 4.69) is 5.32 Å². The molecule has 0 amide bonds. The molecule has 2 aromatic carbocycles. The molecule has 0 saturated carbocycles. The highest BCUT2D eigenvalue weighted by Gasteiger charge is 2.11. The van der Waals surface area contributed by atoms with Crippen molar-refractivity contribution in [3.63, 3.8) is 0 Å². The Balaban J connectivity index is 0.00000158. The summed E-state index contributed by atoms with van der Waals surface area (Å²) < 4.78 is 5.79. The zero-order valence-corrected chi connectivity index (χ0v) is 17.2. The van der Waals surface area contributed by atoms with Crippen LogP contribution in [0.2, 0.25) is 0 Å². The van der Waals surface area contributed by atoms with Crippen LogP contribution in [0.25, 0.3) is 5.57 Å². The van der Waals surface area contributed by atoms with Gasteiger partial charge in [0.25, 0.3) is 0 Å². The first-order valence-electron chi connectivity index (χ1n) is 9.29. The van der Waals surface area contributed by atoms with E-state index in [0.29, 0.717) is 17.9 Å². The predicted octanol–water partition coefficient (Wildman–Crippen LogP) is 5.77. The second-order valence-corrected chi connectivity index (χ2v) is 5.06. The van der Waals surface area contributed by atoms with Crippen LogP contribution in [0.4, 0.5) is 5.69 Å². The van der Waals surface area contributed by atoms with Gasteiger partial charge in [-0.05, 0) is 30.2 Å². The van der Waals surface area contributed by atoms with Gasteiger partial charge in [0.1, 0.15) is 18.6 Å². The van der Waals surface area contributed by atoms with Crippen molar-refractivity contribution >= 4 is 23.8 Å². The van der Waals surface area contributed by atoms with Crippen LogP contribution >= 0.6 is 0 Å². The lowest BCUT2D eigenvalue weighted by atomic mass is 10.0. The third-order valence-electron chi connectivity index (χ3n) is 3.53. The number of nitrogens with one attached hydrogen (secondary N) is 1. The van der Waals surface area contributed by atoms with Gasteiger partial charge in [0.05, 0.1) is 5.56 Å². The highest BCUT2D eigenvalue weighted by molar-refractivity contribution is 5.90. The molecule has 0 atom stereocenters. The predicted molar refractivity (Wildman–Crippen MR) is 115 cm³/mol. The van der Waals surface area contributed by atoms with Gasteiger partial charge in [-0.2, -0.15) is 0 Å². The maximum absolute atomic E-state index is 11.4. The molecular formula is C23H31NO3. The first-order chi connectivity index (χ1) is 13.2. The Morgan fingerprint density at radius 1 is 1.04 bits per heavy atom. The Morgan fingerprint density at radius 3 is 2.19 bits per heavy atom. The van der Waals surface area contributed by atoms with Crippen molar-refractivity contribution in [2.24, 2.45) is 0 Å². The lowest BCUT2D eigenvalue weighted by Crippen LogP contribution is -2.02. The minimum absolute atomic E-state index is 0.382. The SMILES string of the molecule is CC.CC.CNc1cc(OCc2ccccc2)c(C=O)cc1/C(C)=C\C=O. The van der Waals surface area contributed by atoms with E-state index in [9.17, 15) is 9.59 Å². The molecule has 0 heterocycles. The molecule has 0 saturated heterocycles. The monoisotopic (exact) mass is 369 g/mol. The van der Waals surface area contributed by atoms with E-state index in [1.54, 1.807) is 19.2 Å². The van der Waals surface area contributed by atoms with Crippen molar-refractivity contribution in [2.75, 3.05) is 12.4 Å². The molecule has 4 nitrogen and oxygen atoms in total. The van der Waals surface area contributed by atoms with Crippen LogP contribution in [0.5, 0.6) is 5.75 Å². The molecule has 0 aliphatic carbocycles. The minimum atomic E-state index is 0.382. The number of hydrogen-bond donors (Lipinski definition) is 1. The van der Waals surface area contributed by atoms with Crippen LogP contribution in [-0.4, -0.2) is 19.6 Å². The van der Waals surface area contributed by atoms with E-state index in [0.717, 1.165) is 35.0 Å². The number of ether oxygens (including phenoxy) is 1. The molecule has 0 spiro atoms. The molecule has 1 N–H and O–H groups in total. The molecule has 146 valence electrons. The standard InChI is InChI=1S/C19H19NO3.2C2H6/c1-14(8-9-21)17-10-16(12-22)19(11-18(17)20-2)23-13-15-6-4-3-5-7-15;2*1-2/h3-12,20H,13H2,1-2H3;2*1-2H3/b14-8-;;. The Hall–Kier alpha value is -2.88. The number of anilines is 1. The summed E-state index contributed by atoms with van der Waals surface area (Å²) in [5, 5.41) is 3.07. The molecule has 0 aliphatic rings. The van der Waals surface area contributed by atoms with Crippen molar-refractivity contribution in [1.29, 1.82) is 0 Å². The molecule has 0 fully saturated rings. The lowest BCUT2D eigenvalue weighted by molar-refractivity contribution is -0.104. The summed E-state index contributed by atoms with van der Waals surface area (Å²) >= 11 is 0. The number of aldehydes is 2. The van der Waals surface area contributed by atoms with Gasteiger partial charge < -0.3 is 10.1 Å². The van der Waals surface area contributed by atoms with Gasteiger partial charge in [0.2, 0.25) is 0 Å². The van der Waals surface area contributed by atoms with Crippen LogP contribution in [0, 0.1) is 0 Å². The Bertz CT molecular complexity index is 722. The number of rotatable bonds is 7. The van der Waals surface area contributed by atoms with Crippen molar-refractivity contribution < 1.29 is 14.3 Å². The molecule has 2 rings (SSSR count). The molecule has 0 bridgehead atoms. The summed E-state index contributed by atoms with van der Waals surface area (Å²) in [5.74, 6) is 0.510. The van der Waals surface area contributed by atoms with Gasteiger partial charge in [-0.1, -0.05) is 58.0 Å². The van der Waals surface area contributed by atoms with Gasteiger partial charge in [0, 0.05) is 24.4 Å². The summed E-state index contributed by atoms with van der Waals surface area (Å²) in [5.41, 5.74) is 3.86. The Morgan fingerprint density at radius 2 is 1.67 bits per heavy atom. The molecule has 0 unspecified atom stereocenters. The van der Waals surface area contributed by atoms with Crippen molar-refractivity contribution in [3.8, 4) is 5.75 Å². The smallest absolute Gasteiger partial charge is 0.153 e. The quantitative estimate of drug-likeness (QED) is 0.497. The van der Waals surface area contributed by atoms with E-state index in [1.807, 2.05) is 65.0 Å². The van der Waals surface area contributed by atoms with Gasteiger partial charge in [-0.25, -0.2) is 0 Å².